The molecule has 4 atom stereocenters. The van der Waals surface area contributed by atoms with Crippen molar-refractivity contribution >= 4 is 5.91 Å². The van der Waals surface area contributed by atoms with Crippen molar-refractivity contribution in [1.82, 2.24) is 5.32 Å². The van der Waals surface area contributed by atoms with Gasteiger partial charge in [-0.3, -0.25) is 4.79 Å². The minimum atomic E-state index is 0.135. The zero-order valence-corrected chi connectivity index (χ0v) is 13.0. The summed E-state index contributed by atoms with van der Waals surface area (Å²) in [6, 6.07) is 8.04. The summed E-state index contributed by atoms with van der Waals surface area (Å²) in [4.78, 5) is 12.2. The summed E-state index contributed by atoms with van der Waals surface area (Å²) in [6.07, 6.45) is 5.94. The Hall–Kier alpha value is -1.51. The minimum Gasteiger partial charge on any atom is -0.497 e. The van der Waals surface area contributed by atoms with Gasteiger partial charge >= 0.3 is 0 Å². The first-order valence-corrected chi connectivity index (χ1v) is 8.08. The highest BCUT2D eigenvalue weighted by molar-refractivity contribution is 5.78. The molecule has 3 rings (SSSR count). The SMILES string of the molecule is COc1ccc(CC(=O)N[C@H](C)[C@H]2C[C@H]3CC[C@@H]2C3)cc1. The summed E-state index contributed by atoms with van der Waals surface area (Å²) in [5, 5.41) is 3.21. The predicted octanol–water partition coefficient (Wildman–Crippen LogP) is 3.18. The van der Waals surface area contributed by atoms with Crippen LogP contribution in [0.4, 0.5) is 0 Å². The van der Waals surface area contributed by atoms with Crippen molar-refractivity contribution in [2.45, 2.75) is 45.1 Å². The van der Waals surface area contributed by atoms with Crippen LogP contribution in [0.3, 0.4) is 0 Å². The van der Waals surface area contributed by atoms with Crippen LogP contribution in [-0.2, 0) is 11.2 Å². The molecule has 3 heteroatoms. The molecule has 2 saturated carbocycles. The molecular formula is C18H25NO2. The Kier molecular flexibility index (Phi) is 4.18. The first-order valence-electron chi connectivity index (χ1n) is 8.08. The lowest BCUT2D eigenvalue weighted by atomic mass is 9.84. The van der Waals surface area contributed by atoms with Crippen molar-refractivity contribution < 1.29 is 9.53 Å². The van der Waals surface area contributed by atoms with Gasteiger partial charge in [-0.15, -0.1) is 0 Å². The molecule has 2 aliphatic carbocycles. The Morgan fingerprint density at radius 2 is 2.05 bits per heavy atom. The molecular weight excluding hydrogens is 262 g/mol. The fourth-order valence-corrected chi connectivity index (χ4v) is 4.25. The third-order valence-corrected chi connectivity index (χ3v) is 5.35. The van der Waals surface area contributed by atoms with E-state index in [1.54, 1.807) is 7.11 Å². The second-order valence-electron chi connectivity index (χ2n) is 6.72. The second kappa shape index (κ2) is 6.08. The number of carbonyl (C=O) groups is 1. The molecule has 2 fully saturated rings. The molecule has 1 amide bonds. The average molecular weight is 287 g/mol. The molecule has 0 spiro atoms. The van der Waals surface area contributed by atoms with Crippen molar-refractivity contribution in [1.29, 1.82) is 0 Å². The maximum atomic E-state index is 12.2. The number of carbonyl (C=O) groups excluding carboxylic acids is 1. The molecule has 1 aromatic carbocycles. The molecule has 114 valence electrons. The Bertz CT molecular complexity index is 496. The third-order valence-electron chi connectivity index (χ3n) is 5.35. The largest absolute Gasteiger partial charge is 0.497 e. The van der Waals surface area contributed by atoms with Crippen LogP contribution in [0.15, 0.2) is 24.3 Å². The Balaban J connectivity index is 1.51. The highest BCUT2D eigenvalue weighted by Gasteiger charge is 2.42. The molecule has 2 bridgehead atoms. The van der Waals surface area contributed by atoms with Crippen LogP contribution in [0.1, 0.15) is 38.2 Å². The molecule has 2 aliphatic rings. The number of methoxy groups -OCH3 is 1. The maximum Gasteiger partial charge on any atom is 0.224 e. The fourth-order valence-electron chi connectivity index (χ4n) is 4.25. The zero-order valence-electron chi connectivity index (χ0n) is 13.0. The van der Waals surface area contributed by atoms with Gasteiger partial charge in [0.1, 0.15) is 5.75 Å². The van der Waals surface area contributed by atoms with Gasteiger partial charge in [0, 0.05) is 6.04 Å². The van der Waals surface area contributed by atoms with Crippen LogP contribution < -0.4 is 10.1 Å². The van der Waals surface area contributed by atoms with Crippen molar-refractivity contribution in [2.24, 2.45) is 17.8 Å². The van der Waals surface area contributed by atoms with E-state index in [1.807, 2.05) is 24.3 Å². The van der Waals surface area contributed by atoms with E-state index < -0.39 is 0 Å². The van der Waals surface area contributed by atoms with Crippen LogP contribution in [0.25, 0.3) is 0 Å². The molecule has 0 radical (unpaired) electrons. The maximum absolute atomic E-state index is 12.2. The molecule has 1 aromatic rings. The number of hydrogen-bond acceptors (Lipinski definition) is 2. The summed E-state index contributed by atoms with van der Waals surface area (Å²) in [6.45, 7) is 2.18. The standard InChI is InChI=1S/C18H25NO2/c1-12(17-10-14-3-6-15(17)9-14)19-18(20)11-13-4-7-16(21-2)8-5-13/h4-5,7-8,12,14-15,17H,3,6,9-11H2,1-2H3,(H,19,20)/t12-,14+,15-,17-/m1/s1. The van der Waals surface area contributed by atoms with Crippen LogP contribution in [0.2, 0.25) is 0 Å². The molecule has 0 saturated heterocycles. The normalized spacial score (nSPS) is 28.4. The van der Waals surface area contributed by atoms with Crippen LogP contribution in [-0.4, -0.2) is 19.1 Å². The molecule has 1 N–H and O–H groups in total. The van der Waals surface area contributed by atoms with E-state index in [4.69, 9.17) is 4.74 Å². The molecule has 0 aromatic heterocycles. The number of hydrogen-bond donors (Lipinski definition) is 1. The summed E-state index contributed by atoms with van der Waals surface area (Å²) in [7, 11) is 1.65. The average Bonchev–Trinajstić information content (AvgIpc) is 3.10. The third kappa shape index (κ3) is 3.22. The Morgan fingerprint density at radius 3 is 2.62 bits per heavy atom. The Morgan fingerprint density at radius 1 is 1.29 bits per heavy atom. The predicted molar refractivity (Wildman–Crippen MR) is 83.2 cm³/mol. The number of rotatable bonds is 5. The van der Waals surface area contributed by atoms with Gasteiger partial charge in [-0.2, -0.15) is 0 Å². The number of amides is 1. The summed E-state index contributed by atoms with van der Waals surface area (Å²) < 4.78 is 5.13. The van der Waals surface area contributed by atoms with Gasteiger partial charge in [-0.25, -0.2) is 0 Å². The number of nitrogens with one attached hydrogen (secondary N) is 1. The van der Waals surface area contributed by atoms with Crippen molar-refractivity contribution in [3.8, 4) is 5.75 Å². The summed E-state index contributed by atoms with van der Waals surface area (Å²) in [5.74, 6) is 3.45. The van der Waals surface area contributed by atoms with Crippen molar-refractivity contribution in [3.63, 3.8) is 0 Å². The van der Waals surface area contributed by atoms with Crippen molar-refractivity contribution in [2.75, 3.05) is 7.11 Å². The van der Waals surface area contributed by atoms with E-state index >= 15 is 0 Å². The quantitative estimate of drug-likeness (QED) is 0.903. The van der Waals surface area contributed by atoms with E-state index in [2.05, 4.69) is 12.2 Å². The van der Waals surface area contributed by atoms with Crippen LogP contribution in [0.5, 0.6) is 5.75 Å². The number of ether oxygens (including phenoxy) is 1. The highest BCUT2D eigenvalue weighted by atomic mass is 16.5. The number of fused-ring (bicyclic) bond motifs is 2. The summed E-state index contributed by atoms with van der Waals surface area (Å²) in [5.41, 5.74) is 1.04. The first-order chi connectivity index (χ1) is 10.2. The topological polar surface area (TPSA) is 38.3 Å². The van der Waals surface area contributed by atoms with E-state index in [0.29, 0.717) is 18.4 Å². The molecule has 0 aliphatic heterocycles. The first kappa shape index (κ1) is 14.4. The van der Waals surface area contributed by atoms with Gasteiger partial charge in [-0.05, 0) is 61.6 Å². The Labute approximate surface area is 127 Å². The van der Waals surface area contributed by atoms with Crippen molar-refractivity contribution in [3.05, 3.63) is 29.8 Å². The lowest BCUT2D eigenvalue weighted by molar-refractivity contribution is -0.121. The minimum absolute atomic E-state index is 0.135. The molecule has 0 heterocycles. The second-order valence-corrected chi connectivity index (χ2v) is 6.72. The highest BCUT2D eigenvalue weighted by Crippen LogP contribution is 2.49. The van der Waals surface area contributed by atoms with Gasteiger partial charge in [0.15, 0.2) is 0 Å². The van der Waals surface area contributed by atoms with Gasteiger partial charge < -0.3 is 10.1 Å². The molecule has 0 unspecified atom stereocenters. The smallest absolute Gasteiger partial charge is 0.224 e. The van der Waals surface area contributed by atoms with E-state index in [9.17, 15) is 4.79 Å². The number of benzene rings is 1. The molecule has 3 nitrogen and oxygen atoms in total. The van der Waals surface area contributed by atoms with Gasteiger partial charge in [0.2, 0.25) is 5.91 Å². The van der Waals surface area contributed by atoms with Gasteiger partial charge in [0.25, 0.3) is 0 Å². The van der Waals surface area contributed by atoms with E-state index in [-0.39, 0.29) is 5.91 Å². The van der Waals surface area contributed by atoms with E-state index in [1.165, 1.54) is 25.7 Å². The van der Waals surface area contributed by atoms with E-state index in [0.717, 1.165) is 23.1 Å². The van der Waals surface area contributed by atoms with Crippen LogP contribution >= 0.6 is 0 Å². The molecule has 21 heavy (non-hydrogen) atoms. The zero-order chi connectivity index (χ0) is 14.8. The summed E-state index contributed by atoms with van der Waals surface area (Å²) >= 11 is 0. The monoisotopic (exact) mass is 287 g/mol. The fraction of sp³-hybridized carbons (Fsp3) is 0.611. The lowest BCUT2D eigenvalue weighted by Gasteiger charge is -2.28. The van der Waals surface area contributed by atoms with Gasteiger partial charge in [-0.1, -0.05) is 18.6 Å². The van der Waals surface area contributed by atoms with Gasteiger partial charge in [0.05, 0.1) is 13.5 Å². The van der Waals surface area contributed by atoms with Crippen LogP contribution in [0, 0.1) is 17.8 Å². The lowest BCUT2D eigenvalue weighted by Crippen LogP contribution is -2.40.